The number of benzene rings is 2. The summed E-state index contributed by atoms with van der Waals surface area (Å²) in [6, 6.07) is 15.2. The molecule has 0 aliphatic rings. The Balaban J connectivity index is 1.75. The third-order valence-electron chi connectivity index (χ3n) is 3.98. The third-order valence-corrected chi connectivity index (χ3v) is 4.79. The van der Waals surface area contributed by atoms with E-state index in [4.69, 9.17) is 35.4 Å². The van der Waals surface area contributed by atoms with Crippen molar-refractivity contribution in [2.24, 2.45) is 0 Å². The highest BCUT2D eigenvalue weighted by Crippen LogP contribution is 2.23. The zero-order valence-corrected chi connectivity index (χ0v) is 16.7. The summed E-state index contributed by atoms with van der Waals surface area (Å²) in [6.45, 7) is 4.55. The van der Waals surface area contributed by atoms with Crippen molar-refractivity contribution in [2.45, 2.75) is 20.4 Å². The Kier molecular flexibility index (Phi) is 5.81. The first-order chi connectivity index (χ1) is 12.4. The van der Waals surface area contributed by atoms with Crippen LogP contribution in [0.4, 0.5) is 11.4 Å². The van der Waals surface area contributed by atoms with Gasteiger partial charge in [-0.3, -0.25) is 4.68 Å². The second kappa shape index (κ2) is 8.08. The monoisotopic (exact) mass is 404 g/mol. The quantitative estimate of drug-likeness (QED) is 0.550. The highest BCUT2D eigenvalue weighted by molar-refractivity contribution is 7.80. The Morgan fingerprint density at radius 1 is 1.08 bits per heavy atom. The molecule has 0 unspecified atom stereocenters. The zero-order valence-electron chi connectivity index (χ0n) is 14.4. The molecule has 0 bridgehead atoms. The summed E-state index contributed by atoms with van der Waals surface area (Å²) in [5.74, 6) is 0. The smallest absolute Gasteiger partial charge is 0.175 e. The molecule has 0 saturated carbocycles. The van der Waals surface area contributed by atoms with Gasteiger partial charge in [0.1, 0.15) is 0 Å². The Morgan fingerprint density at radius 3 is 2.58 bits per heavy atom. The predicted octanol–water partition coefficient (Wildman–Crippen LogP) is 5.66. The third kappa shape index (κ3) is 4.36. The molecule has 0 amide bonds. The van der Waals surface area contributed by atoms with Crippen molar-refractivity contribution in [3.8, 4) is 0 Å². The number of nitrogens with one attached hydrogen (secondary N) is 2. The summed E-state index contributed by atoms with van der Waals surface area (Å²) in [4.78, 5) is 0. The van der Waals surface area contributed by atoms with Crippen LogP contribution < -0.4 is 10.6 Å². The van der Waals surface area contributed by atoms with E-state index in [1.165, 1.54) is 0 Å². The molecule has 0 fully saturated rings. The summed E-state index contributed by atoms with van der Waals surface area (Å²) in [6.07, 6.45) is 0. The van der Waals surface area contributed by atoms with E-state index in [2.05, 4.69) is 15.7 Å². The van der Waals surface area contributed by atoms with Crippen LogP contribution in [-0.2, 0) is 6.54 Å². The average Bonchev–Trinajstić information content (AvgIpc) is 2.84. The molecule has 0 aliphatic carbocycles. The molecular weight excluding hydrogens is 387 g/mol. The van der Waals surface area contributed by atoms with Gasteiger partial charge in [-0.1, -0.05) is 47.5 Å². The van der Waals surface area contributed by atoms with Gasteiger partial charge in [-0.2, -0.15) is 5.10 Å². The SMILES string of the molecule is Cc1nn(Cc2ccccc2Cl)c(C)c1NC(=S)Nc1cccc(Cl)c1. The number of halogens is 2. The van der Waals surface area contributed by atoms with Gasteiger partial charge in [-0.15, -0.1) is 0 Å². The summed E-state index contributed by atoms with van der Waals surface area (Å²) < 4.78 is 1.92. The standard InChI is InChI=1S/C19H18Cl2N4S/c1-12-18(23-19(26)22-16-8-5-7-15(20)10-16)13(2)25(24-12)11-14-6-3-4-9-17(14)21/h3-10H,11H2,1-2H3,(H2,22,23,26). The number of aryl methyl sites for hydroxylation is 1. The molecule has 1 heterocycles. The number of hydrogen-bond donors (Lipinski definition) is 2. The molecular formula is C19H18Cl2N4S. The largest absolute Gasteiger partial charge is 0.332 e. The fourth-order valence-electron chi connectivity index (χ4n) is 2.66. The minimum absolute atomic E-state index is 0.482. The fourth-order valence-corrected chi connectivity index (χ4v) is 3.27. The average molecular weight is 405 g/mol. The lowest BCUT2D eigenvalue weighted by atomic mass is 10.2. The molecule has 0 radical (unpaired) electrons. The lowest BCUT2D eigenvalue weighted by molar-refractivity contribution is 0.659. The topological polar surface area (TPSA) is 41.9 Å². The Hall–Kier alpha value is -2.08. The van der Waals surface area contributed by atoms with Crippen molar-refractivity contribution in [2.75, 3.05) is 10.6 Å². The van der Waals surface area contributed by atoms with Crippen molar-refractivity contribution >= 4 is 51.9 Å². The van der Waals surface area contributed by atoms with Crippen LogP contribution in [0.2, 0.25) is 10.0 Å². The summed E-state index contributed by atoms with van der Waals surface area (Å²) in [7, 11) is 0. The van der Waals surface area contributed by atoms with Crippen molar-refractivity contribution in [1.29, 1.82) is 0 Å². The summed E-state index contributed by atoms with van der Waals surface area (Å²) in [5, 5.41) is 12.8. The molecule has 4 nitrogen and oxygen atoms in total. The molecule has 2 N–H and O–H groups in total. The Morgan fingerprint density at radius 2 is 1.85 bits per heavy atom. The van der Waals surface area contributed by atoms with Gasteiger partial charge in [0.15, 0.2) is 5.11 Å². The van der Waals surface area contributed by atoms with E-state index < -0.39 is 0 Å². The van der Waals surface area contributed by atoms with Crippen LogP contribution in [0.1, 0.15) is 17.0 Å². The van der Waals surface area contributed by atoms with Crippen LogP contribution in [0, 0.1) is 13.8 Å². The van der Waals surface area contributed by atoms with Crippen molar-refractivity contribution in [3.05, 3.63) is 75.5 Å². The van der Waals surface area contributed by atoms with E-state index in [-0.39, 0.29) is 0 Å². The van der Waals surface area contributed by atoms with Gasteiger partial charge in [0, 0.05) is 15.7 Å². The minimum Gasteiger partial charge on any atom is -0.332 e. The van der Waals surface area contributed by atoms with Crippen LogP contribution in [0.3, 0.4) is 0 Å². The molecule has 3 rings (SSSR count). The first kappa shape index (κ1) is 18.7. The van der Waals surface area contributed by atoms with E-state index >= 15 is 0 Å². The molecule has 0 atom stereocenters. The minimum atomic E-state index is 0.482. The van der Waals surface area contributed by atoms with Crippen LogP contribution in [-0.4, -0.2) is 14.9 Å². The molecule has 134 valence electrons. The number of hydrogen-bond acceptors (Lipinski definition) is 2. The Bertz CT molecular complexity index is 952. The van der Waals surface area contributed by atoms with Crippen molar-refractivity contribution in [3.63, 3.8) is 0 Å². The van der Waals surface area contributed by atoms with Gasteiger partial charge in [0.05, 0.1) is 23.6 Å². The lowest BCUT2D eigenvalue weighted by Crippen LogP contribution is -2.20. The van der Waals surface area contributed by atoms with Gasteiger partial charge in [-0.05, 0) is 55.9 Å². The fraction of sp³-hybridized carbons (Fsp3) is 0.158. The van der Waals surface area contributed by atoms with E-state index in [0.29, 0.717) is 16.7 Å². The maximum Gasteiger partial charge on any atom is 0.175 e. The number of anilines is 2. The molecule has 1 aromatic heterocycles. The second-order valence-corrected chi connectivity index (χ2v) is 7.14. The molecule has 26 heavy (non-hydrogen) atoms. The normalized spacial score (nSPS) is 10.6. The highest BCUT2D eigenvalue weighted by atomic mass is 35.5. The lowest BCUT2D eigenvalue weighted by Gasteiger charge is -2.11. The highest BCUT2D eigenvalue weighted by Gasteiger charge is 2.14. The Labute approximate surface area is 168 Å². The predicted molar refractivity (Wildman–Crippen MR) is 114 cm³/mol. The van der Waals surface area contributed by atoms with E-state index in [1.54, 1.807) is 0 Å². The molecule has 2 aromatic carbocycles. The van der Waals surface area contributed by atoms with Crippen molar-refractivity contribution in [1.82, 2.24) is 9.78 Å². The van der Waals surface area contributed by atoms with Gasteiger partial charge in [0.2, 0.25) is 0 Å². The summed E-state index contributed by atoms with van der Waals surface area (Å²) >= 11 is 17.7. The molecule has 0 spiro atoms. The molecule has 0 saturated heterocycles. The van der Waals surface area contributed by atoms with E-state index in [1.807, 2.05) is 67.1 Å². The zero-order chi connectivity index (χ0) is 18.7. The van der Waals surface area contributed by atoms with Crippen LogP contribution >= 0.6 is 35.4 Å². The van der Waals surface area contributed by atoms with Gasteiger partial charge in [0.25, 0.3) is 0 Å². The van der Waals surface area contributed by atoms with Crippen LogP contribution in [0.25, 0.3) is 0 Å². The molecule has 7 heteroatoms. The second-order valence-electron chi connectivity index (χ2n) is 5.88. The first-order valence-corrected chi connectivity index (χ1v) is 9.21. The number of thiocarbonyl (C=S) groups is 1. The van der Waals surface area contributed by atoms with Crippen LogP contribution in [0.5, 0.6) is 0 Å². The number of nitrogens with zero attached hydrogens (tertiary/aromatic N) is 2. The van der Waals surface area contributed by atoms with Crippen LogP contribution in [0.15, 0.2) is 48.5 Å². The van der Waals surface area contributed by atoms with E-state index in [9.17, 15) is 0 Å². The maximum absolute atomic E-state index is 6.26. The van der Waals surface area contributed by atoms with Gasteiger partial charge < -0.3 is 10.6 Å². The van der Waals surface area contributed by atoms with Gasteiger partial charge >= 0.3 is 0 Å². The maximum atomic E-state index is 6.26. The number of rotatable bonds is 4. The molecule has 3 aromatic rings. The van der Waals surface area contributed by atoms with Crippen molar-refractivity contribution < 1.29 is 0 Å². The summed E-state index contributed by atoms with van der Waals surface area (Å²) in [5.41, 5.74) is 4.58. The first-order valence-electron chi connectivity index (χ1n) is 8.05. The van der Waals surface area contributed by atoms with Gasteiger partial charge in [-0.25, -0.2) is 0 Å². The van der Waals surface area contributed by atoms with E-state index in [0.717, 1.165) is 33.3 Å². The number of aromatic nitrogens is 2. The molecule has 0 aliphatic heterocycles.